The van der Waals surface area contributed by atoms with Gasteiger partial charge in [-0.05, 0) is 41.6 Å². The summed E-state index contributed by atoms with van der Waals surface area (Å²) >= 11 is 3.41. The maximum atomic E-state index is 11.8. The van der Waals surface area contributed by atoms with Gasteiger partial charge in [-0.2, -0.15) is 5.10 Å². The van der Waals surface area contributed by atoms with E-state index in [0.29, 0.717) is 0 Å². The van der Waals surface area contributed by atoms with Crippen molar-refractivity contribution >= 4 is 21.7 Å². The number of carbonyl (C=O) groups excluding carboxylic acids is 1. The van der Waals surface area contributed by atoms with Gasteiger partial charge in [-0.15, -0.1) is 0 Å². The molecule has 1 aromatic rings. The van der Waals surface area contributed by atoms with Crippen LogP contribution in [0, 0.1) is 12.8 Å². The maximum Gasteiger partial charge on any atom is 0.167 e. The number of aryl methyl sites for hydroxylation is 2. The molecule has 1 saturated carbocycles. The molecule has 2 rings (SSSR count). The van der Waals surface area contributed by atoms with Crippen molar-refractivity contribution in [3.05, 3.63) is 15.9 Å². The van der Waals surface area contributed by atoms with Gasteiger partial charge < -0.3 is 5.11 Å². The van der Waals surface area contributed by atoms with E-state index >= 15 is 0 Å². The molecule has 4 nitrogen and oxygen atoms in total. The predicted molar refractivity (Wildman–Crippen MR) is 63.1 cm³/mol. The Morgan fingerprint density at radius 1 is 1.69 bits per heavy atom. The van der Waals surface area contributed by atoms with Gasteiger partial charge in [0.15, 0.2) is 5.78 Å². The molecule has 1 atom stereocenters. The maximum absolute atomic E-state index is 11.8. The number of hydrogen-bond donors (Lipinski definition) is 1. The predicted octanol–water partition coefficient (Wildman–Crippen LogP) is 1.37. The molecule has 16 heavy (non-hydrogen) atoms. The van der Waals surface area contributed by atoms with Crippen molar-refractivity contribution in [2.45, 2.75) is 32.3 Å². The quantitative estimate of drug-likeness (QED) is 0.910. The summed E-state index contributed by atoms with van der Waals surface area (Å²) in [4.78, 5) is 11.8. The topological polar surface area (TPSA) is 55.1 Å². The van der Waals surface area contributed by atoms with Crippen LogP contribution in [-0.2, 0) is 18.3 Å². The highest BCUT2D eigenvalue weighted by Gasteiger charge is 2.34. The molecule has 1 N–H and O–H groups in total. The molecule has 0 aliphatic heterocycles. The molecule has 0 spiro atoms. The van der Waals surface area contributed by atoms with Crippen molar-refractivity contribution in [3.63, 3.8) is 0 Å². The van der Waals surface area contributed by atoms with Gasteiger partial charge in [0.05, 0.1) is 22.3 Å². The van der Waals surface area contributed by atoms with Crippen LogP contribution in [0.3, 0.4) is 0 Å². The third-order valence-electron chi connectivity index (χ3n) is 3.00. The molecule has 1 aliphatic carbocycles. The smallest absolute Gasteiger partial charge is 0.167 e. The molecule has 0 bridgehead atoms. The van der Waals surface area contributed by atoms with Crippen LogP contribution in [0.5, 0.6) is 0 Å². The lowest BCUT2D eigenvalue weighted by atomic mass is 10.1. The largest absolute Gasteiger partial charge is 0.385 e. The summed E-state index contributed by atoms with van der Waals surface area (Å²) in [7, 11) is 1.81. The van der Waals surface area contributed by atoms with Crippen molar-refractivity contribution in [2.24, 2.45) is 13.0 Å². The van der Waals surface area contributed by atoms with E-state index in [0.717, 1.165) is 28.7 Å². The first-order valence-corrected chi connectivity index (χ1v) is 6.18. The lowest BCUT2D eigenvalue weighted by molar-refractivity contribution is -0.127. The van der Waals surface area contributed by atoms with E-state index in [9.17, 15) is 9.90 Å². The highest BCUT2D eigenvalue weighted by Crippen LogP contribution is 2.33. The van der Waals surface area contributed by atoms with Gasteiger partial charge in [-0.3, -0.25) is 9.48 Å². The van der Waals surface area contributed by atoms with Gasteiger partial charge in [0.1, 0.15) is 6.10 Å². The van der Waals surface area contributed by atoms with E-state index in [2.05, 4.69) is 21.0 Å². The van der Waals surface area contributed by atoms with E-state index in [-0.39, 0.29) is 18.1 Å². The van der Waals surface area contributed by atoms with Crippen molar-refractivity contribution in [2.75, 3.05) is 0 Å². The number of ketones is 1. The summed E-state index contributed by atoms with van der Waals surface area (Å²) in [5, 5.41) is 13.9. The standard InChI is InChI=1S/C11H15BrN2O2/c1-6-10(12)8(14(2)13-6)5-9(15)11(16)7-3-4-7/h7,11,16H,3-5H2,1-2H3. The molecule has 0 saturated heterocycles. The van der Waals surface area contributed by atoms with Crippen LogP contribution in [0.1, 0.15) is 24.2 Å². The van der Waals surface area contributed by atoms with E-state index in [1.165, 1.54) is 0 Å². The third kappa shape index (κ3) is 2.20. The summed E-state index contributed by atoms with van der Waals surface area (Å²) in [5.74, 6) is 0.0896. The molecule has 1 heterocycles. The molecule has 5 heteroatoms. The molecule has 1 unspecified atom stereocenters. The van der Waals surface area contributed by atoms with Crippen molar-refractivity contribution in [1.82, 2.24) is 9.78 Å². The van der Waals surface area contributed by atoms with Gasteiger partial charge in [-0.25, -0.2) is 0 Å². The van der Waals surface area contributed by atoms with Gasteiger partial charge in [-0.1, -0.05) is 0 Å². The average Bonchev–Trinajstić information content (AvgIpc) is 3.03. The Labute approximate surface area is 103 Å². The van der Waals surface area contributed by atoms with Crippen LogP contribution < -0.4 is 0 Å². The van der Waals surface area contributed by atoms with Gasteiger partial charge in [0, 0.05) is 7.05 Å². The zero-order valence-corrected chi connectivity index (χ0v) is 11.0. The second-order valence-electron chi connectivity index (χ2n) is 4.40. The van der Waals surface area contributed by atoms with Crippen LogP contribution in [-0.4, -0.2) is 26.8 Å². The molecule has 0 aromatic carbocycles. The number of aromatic nitrogens is 2. The third-order valence-corrected chi connectivity index (χ3v) is 4.03. The Kier molecular flexibility index (Phi) is 3.17. The van der Waals surface area contributed by atoms with Crippen LogP contribution in [0.2, 0.25) is 0 Å². The second kappa shape index (κ2) is 4.30. The van der Waals surface area contributed by atoms with Crippen LogP contribution >= 0.6 is 15.9 Å². The lowest BCUT2D eigenvalue weighted by Gasteiger charge is -2.08. The fourth-order valence-corrected chi connectivity index (χ4v) is 2.29. The first-order chi connectivity index (χ1) is 7.50. The molecular weight excluding hydrogens is 272 g/mol. The van der Waals surface area contributed by atoms with Gasteiger partial charge >= 0.3 is 0 Å². The molecule has 0 radical (unpaired) electrons. The first kappa shape index (κ1) is 11.8. The van der Waals surface area contributed by atoms with E-state index in [1.807, 2.05) is 14.0 Å². The number of rotatable bonds is 4. The summed E-state index contributed by atoms with van der Waals surface area (Å²) < 4.78 is 2.56. The van der Waals surface area contributed by atoms with Crippen molar-refractivity contribution < 1.29 is 9.90 Å². The Morgan fingerprint density at radius 3 is 2.75 bits per heavy atom. The number of aliphatic hydroxyl groups excluding tert-OH is 1. The van der Waals surface area contributed by atoms with Crippen LogP contribution in [0.4, 0.5) is 0 Å². The van der Waals surface area contributed by atoms with Crippen molar-refractivity contribution in [3.8, 4) is 0 Å². The van der Waals surface area contributed by atoms with Gasteiger partial charge in [0.25, 0.3) is 0 Å². The number of Topliss-reactive ketones (excluding diaryl/α,β-unsaturated/α-hetero) is 1. The fourth-order valence-electron chi connectivity index (χ4n) is 1.82. The number of nitrogens with zero attached hydrogens (tertiary/aromatic N) is 2. The molecule has 1 aliphatic rings. The van der Waals surface area contributed by atoms with E-state index in [4.69, 9.17) is 0 Å². The number of hydrogen-bond acceptors (Lipinski definition) is 3. The summed E-state index contributed by atoms with van der Waals surface area (Å²) in [6.07, 6.45) is 1.40. The van der Waals surface area contributed by atoms with Gasteiger partial charge in [0.2, 0.25) is 0 Å². The zero-order valence-electron chi connectivity index (χ0n) is 9.40. The Balaban J connectivity index is 2.10. The monoisotopic (exact) mass is 286 g/mol. The minimum absolute atomic E-state index is 0.105. The molecule has 1 aromatic heterocycles. The highest BCUT2D eigenvalue weighted by molar-refractivity contribution is 9.10. The molecule has 88 valence electrons. The van der Waals surface area contributed by atoms with Crippen LogP contribution in [0.15, 0.2) is 4.47 Å². The molecule has 0 amide bonds. The Bertz CT molecular complexity index is 424. The minimum atomic E-state index is -0.790. The van der Waals surface area contributed by atoms with E-state index < -0.39 is 6.10 Å². The average molecular weight is 287 g/mol. The highest BCUT2D eigenvalue weighted by atomic mass is 79.9. The second-order valence-corrected chi connectivity index (χ2v) is 5.19. The summed E-state index contributed by atoms with van der Waals surface area (Å²) in [5.41, 5.74) is 1.70. The molecule has 1 fully saturated rings. The number of carbonyl (C=O) groups is 1. The molecular formula is C11H15BrN2O2. The van der Waals surface area contributed by atoms with E-state index in [1.54, 1.807) is 4.68 Å². The minimum Gasteiger partial charge on any atom is -0.385 e. The lowest BCUT2D eigenvalue weighted by Crippen LogP contribution is -2.25. The normalized spacial score (nSPS) is 17.5. The number of halogens is 1. The Morgan fingerprint density at radius 2 is 2.31 bits per heavy atom. The van der Waals surface area contributed by atoms with Crippen LogP contribution in [0.25, 0.3) is 0 Å². The fraction of sp³-hybridized carbons (Fsp3) is 0.636. The summed E-state index contributed by atoms with van der Waals surface area (Å²) in [6, 6.07) is 0. The zero-order chi connectivity index (χ0) is 11.9. The summed E-state index contributed by atoms with van der Waals surface area (Å²) in [6.45, 7) is 1.88. The number of aliphatic hydroxyl groups is 1. The Hall–Kier alpha value is -0.680. The van der Waals surface area contributed by atoms with Crippen molar-refractivity contribution in [1.29, 1.82) is 0 Å². The SMILES string of the molecule is Cc1nn(C)c(CC(=O)C(O)C2CC2)c1Br. The first-order valence-electron chi connectivity index (χ1n) is 5.39.